The van der Waals surface area contributed by atoms with Crippen LogP contribution < -0.4 is 15.0 Å². The number of carboxylic acid groups (broad SMARTS) is 1. The Labute approximate surface area is 183 Å². The molecule has 8 nitrogen and oxygen atoms in total. The largest absolute Gasteiger partial charge is 0.488 e. The first-order valence-electron chi connectivity index (χ1n) is 8.88. The highest BCUT2D eigenvalue weighted by molar-refractivity contribution is 7.89. The van der Waals surface area contributed by atoms with Crippen LogP contribution in [0.1, 0.15) is 26.3 Å². The van der Waals surface area contributed by atoms with E-state index < -0.39 is 21.9 Å². The first-order valence-corrected chi connectivity index (χ1v) is 10.7. The standard InChI is InChI=1S/C21H17ClN2O6S/c22-16-9-5-14(6-10-16)13-30-19-4-2-1-3-18(19)20(25)23-24-31(28,29)17-11-7-15(8-12-17)21(26)27/h1-12,24H,13H2,(H,23,25)(H,26,27). The number of ether oxygens (including phenoxy) is 1. The zero-order chi connectivity index (χ0) is 22.4. The molecule has 0 saturated carbocycles. The zero-order valence-corrected chi connectivity index (χ0v) is 17.5. The highest BCUT2D eigenvalue weighted by Gasteiger charge is 2.18. The molecule has 3 rings (SSSR count). The molecule has 0 aliphatic carbocycles. The van der Waals surface area contributed by atoms with E-state index in [2.05, 4.69) is 5.43 Å². The predicted octanol–water partition coefficient (Wildman–Crippen LogP) is 3.24. The number of hydrazine groups is 1. The molecule has 0 radical (unpaired) electrons. The molecule has 0 aromatic heterocycles. The summed E-state index contributed by atoms with van der Waals surface area (Å²) in [4.78, 5) is 25.2. The third-order valence-corrected chi connectivity index (χ3v) is 5.67. The summed E-state index contributed by atoms with van der Waals surface area (Å²) in [7, 11) is -4.11. The number of aromatic carboxylic acids is 1. The maximum absolute atomic E-state index is 12.5. The summed E-state index contributed by atoms with van der Waals surface area (Å²) < 4.78 is 30.4. The second kappa shape index (κ2) is 9.61. The van der Waals surface area contributed by atoms with Crippen molar-refractivity contribution in [2.24, 2.45) is 0 Å². The number of carboxylic acids is 1. The summed E-state index contributed by atoms with van der Waals surface area (Å²) in [5, 5.41) is 9.49. The number of carbonyl (C=O) groups is 2. The van der Waals surface area contributed by atoms with Crippen LogP contribution in [0.2, 0.25) is 5.02 Å². The number of amides is 1. The minimum atomic E-state index is -4.11. The van der Waals surface area contributed by atoms with Crippen LogP contribution >= 0.6 is 11.6 Å². The average Bonchev–Trinajstić information content (AvgIpc) is 2.77. The summed E-state index contributed by atoms with van der Waals surface area (Å²) in [6.07, 6.45) is 0. The van der Waals surface area contributed by atoms with Gasteiger partial charge in [-0.2, -0.15) is 0 Å². The molecule has 0 bridgehead atoms. The number of hydrogen-bond acceptors (Lipinski definition) is 5. The van der Waals surface area contributed by atoms with E-state index in [1.54, 1.807) is 42.5 Å². The van der Waals surface area contributed by atoms with Gasteiger partial charge in [0.1, 0.15) is 12.4 Å². The molecule has 0 spiro atoms. The summed E-state index contributed by atoms with van der Waals surface area (Å²) in [5.41, 5.74) is 3.03. The third kappa shape index (κ3) is 5.82. The molecule has 0 aliphatic rings. The van der Waals surface area contributed by atoms with E-state index in [-0.39, 0.29) is 28.4 Å². The molecule has 0 heterocycles. The van der Waals surface area contributed by atoms with Crippen molar-refractivity contribution in [3.8, 4) is 5.75 Å². The van der Waals surface area contributed by atoms with Crippen molar-refractivity contribution in [1.82, 2.24) is 10.3 Å². The maximum Gasteiger partial charge on any atom is 0.335 e. The molecule has 0 unspecified atom stereocenters. The SMILES string of the molecule is O=C(O)c1ccc(S(=O)(=O)NNC(=O)c2ccccc2OCc2ccc(Cl)cc2)cc1. The Kier molecular flexibility index (Phi) is 6.91. The molecule has 3 N–H and O–H groups in total. The molecule has 0 saturated heterocycles. The van der Waals surface area contributed by atoms with Crippen LogP contribution in [0, 0.1) is 0 Å². The fourth-order valence-electron chi connectivity index (χ4n) is 2.54. The fourth-order valence-corrected chi connectivity index (χ4v) is 3.50. The molecule has 0 aliphatic heterocycles. The van der Waals surface area contributed by atoms with Gasteiger partial charge in [-0.1, -0.05) is 35.9 Å². The van der Waals surface area contributed by atoms with E-state index in [0.717, 1.165) is 29.8 Å². The van der Waals surface area contributed by atoms with E-state index >= 15 is 0 Å². The Morgan fingerprint density at radius 2 is 1.58 bits per heavy atom. The van der Waals surface area contributed by atoms with Gasteiger partial charge in [0.05, 0.1) is 16.0 Å². The predicted molar refractivity (Wildman–Crippen MR) is 113 cm³/mol. The number of carbonyl (C=O) groups excluding carboxylic acids is 1. The van der Waals surface area contributed by atoms with E-state index in [0.29, 0.717) is 5.02 Å². The van der Waals surface area contributed by atoms with Crippen LogP contribution in [0.5, 0.6) is 5.75 Å². The Morgan fingerprint density at radius 3 is 2.23 bits per heavy atom. The molecular formula is C21H17ClN2O6S. The van der Waals surface area contributed by atoms with Crippen molar-refractivity contribution in [2.75, 3.05) is 0 Å². The van der Waals surface area contributed by atoms with Crippen molar-refractivity contribution in [3.63, 3.8) is 0 Å². The normalized spacial score (nSPS) is 11.0. The van der Waals surface area contributed by atoms with Crippen LogP contribution in [0.15, 0.2) is 77.7 Å². The van der Waals surface area contributed by atoms with Gasteiger partial charge in [0.2, 0.25) is 0 Å². The van der Waals surface area contributed by atoms with Gasteiger partial charge in [-0.3, -0.25) is 10.2 Å². The number of para-hydroxylation sites is 1. The van der Waals surface area contributed by atoms with Crippen molar-refractivity contribution >= 4 is 33.5 Å². The van der Waals surface area contributed by atoms with Gasteiger partial charge >= 0.3 is 5.97 Å². The lowest BCUT2D eigenvalue weighted by Gasteiger charge is -2.13. The van der Waals surface area contributed by atoms with E-state index in [1.165, 1.54) is 6.07 Å². The fraction of sp³-hybridized carbons (Fsp3) is 0.0476. The van der Waals surface area contributed by atoms with Crippen LogP contribution in [-0.4, -0.2) is 25.4 Å². The quantitative estimate of drug-likeness (QED) is 0.443. The number of hydrogen-bond donors (Lipinski definition) is 3. The minimum absolute atomic E-state index is 0.0604. The smallest absolute Gasteiger partial charge is 0.335 e. The lowest BCUT2D eigenvalue weighted by Crippen LogP contribution is -2.41. The summed E-state index contributed by atoms with van der Waals surface area (Å²) in [6, 6.07) is 17.9. The van der Waals surface area contributed by atoms with Crippen LogP contribution in [0.4, 0.5) is 0 Å². The Balaban J connectivity index is 1.67. The first kappa shape index (κ1) is 22.3. The maximum atomic E-state index is 12.5. The number of rotatable bonds is 8. The zero-order valence-electron chi connectivity index (χ0n) is 15.9. The number of sulfonamides is 1. The van der Waals surface area contributed by atoms with Crippen molar-refractivity contribution < 1.29 is 27.9 Å². The number of benzene rings is 3. The van der Waals surface area contributed by atoms with Crippen LogP contribution in [0.25, 0.3) is 0 Å². The lowest BCUT2D eigenvalue weighted by molar-refractivity contribution is 0.0696. The second-order valence-electron chi connectivity index (χ2n) is 6.30. The van der Waals surface area contributed by atoms with Crippen molar-refractivity contribution in [3.05, 3.63) is 94.5 Å². The molecule has 10 heteroatoms. The topological polar surface area (TPSA) is 122 Å². The molecular weight excluding hydrogens is 444 g/mol. The van der Waals surface area contributed by atoms with Gasteiger partial charge in [-0.25, -0.2) is 13.2 Å². The molecule has 1 amide bonds. The molecule has 3 aromatic rings. The highest BCUT2D eigenvalue weighted by atomic mass is 35.5. The van der Waals surface area contributed by atoms with Gasteiger partial charge in [0.25, 0.3) is 15.9 Å². The van der Waals surface area contributed by atoms with Gasteiger partial charge < -0.3 is 9.84 Å². The summed E-state index contributed by atoms with van der Waals surface area (Å²) in [6.45, 7) is 0.184. The van der Waals surface area contributed by atoms with Crippen LogP contribution in [0.3, 0.4) is 0 Å². The lowest BCUT2D eigenvalue weighted by atomic mass is 10.2. The third-order valence-electron chi connectivity index (χ3n) is 4.15. The van der Waals surface area contributed by atoms with Crippen molar-refractivity contribution in [2.45, 2.75) is 11.5 Å². The molecule has 31 heavy (non-hydrogen) atoms. The second-order valence-corrected chi connectivity index (χ2v) is 8.42. The Morgan fingerprint density at radius 1 is 0.935 bits per heavy atom. The Hall–Kier alpha value is -3.40. The van der Waals surface area contributed by atoms with E-state index in [1.807, 2.05) is 4.83 Å². The molecule has 3 aromatic carbocycles. The van der Waals surface area contributed by atoms with Crippen LogP contribution in [-0.2, 0) is 16.6 Å². The summed E-state index contributed by atoms with van der Waals surface area (Å²) in [5.74, 6) is -1.64. The van der Waals surface area contributed by atoms with Crippen molar-refractivity contribution in [1.29, 1.82) is 0 Å². The molecule has 0 fully saturated rings. The van der Waals surface area contributed by atoms with E-state index in [9.17, 15) is 18.0 Å². The van der Waals surface area contributed by atoms with Gasteiger partial charge in [-0.15, -0.1) is 4.83 Å². The van der Waals surface area contributed by atoms with Gasteiger partial charge in [-0.05, 0) is 54.1 Å². The van der Waals surface area contributed by atoms with Gasteiger partial charge in [0.15, 0.2) is 0 Å². The highest BCUT2D eigenvalue weighted by Crippen LogP contribution is 2.20. The first-order chi connectivity index (χ1) is 14.8. The number of halogens is 1. The molecule has 160 valence electrons. The monoisotopic (exact) mass is 460 g/mol. The Bertz CT molecular complexity index is 1200. The van der Waals surface area contributed by atoms with E-state index in [4.69, 9.17) is 21.4 Å². The summed E-state index contributed by atoms with van der Waals surface area (Å²) >= 11 is 5.86. The average molecular weight is 461 g/mol. The van der Waals surface area contributed by atoms with Gasteiger partial charge in [0, 0.05) is 5.02 Å². The minimum Gasteiger partial charge on any atom is -0.488 e. The number of nitrogens with one attached hydrogen (secondary N) is 2. The molecule has 0 atom stereocenters.